The number of rotatable bonds is 6. The van der Waals surface area contributed by atoms with Gasteiger partial charge in [0.25, 0.3) is 0 Å². The van der Waals surface area contributed by atoms with Crippen molar-refractivity contribution in [3.63, 3.8) is 0 Å². The van der Waals surface area contributed by atoms with Crippen LogP contribution in [0.25, 0.3) is 0 Å². The molecule has 0 bridgehead atoms. The van der Waals surface area contributed by atoms with Crippen molar-refractivity contribution in [1.82, 2.24) is 10.6 Å². The fraction of sp³-hybridized carbons (Fsp3) is 0.588. The summed E-state index contributed by atoms with van der Waals surface area (Å²) in [4.78, 5) is 11.6. The van der Waals surface area contributed by atoms with Crippen LogP contribution in [-0.2, 0) is 10.2 Å². The number of carbonyl (C=O) groups excluding carboxylic acids is 1. The molecule has 1 atom stereocenters. The van der Waals surface area contributed by atoms with E-state index in [9.17, 15) is 9.90 Å². The minimum Gasteiger partial charge on any atom is -0.387 e. The average Bonchev–Trinajstić information content (AvgIpc) is 3.26. The number of benzene rings is 1. The molecule has 1 amide bonds. The summed E-state index contributed by atoms with van der Waals surface area (Å²) >= 11 is 0. The molecule has 1 saturated carbocycles. The zero-order valence-electron chi connectivity index (χ0n) is 13.6. The van der Waals surface area contributed by atoms with Crippen LogP contribution in [0, 0.1) is 0 Å². The largest absolute Gasteiger partial charge is 0.387 e. The smallest absolute Gasteiger partial charge is 0.234 e. The first-order valence-electron chi connectivity index (χ1n) is 7.65. The molecule has 1 fully saturated rings. The maximum absolute atomic E-state index is 11.6. The van der Waals surface area contributed by atoms with Crippen LogP contribution in [0.5, 0.6) is 0 Å². The Bertz CT molecular complexity index is 478. The zero-order valence-corrected chi connectivity index (χ0v) is 14.4. The molecular weight excluding hydrogens is 300 g/mol. The molecule has 0 spiro atoms. The van der Waals surface area contributed by atoms with Crippen LogP contribution < -0.4 is 10.6 Å². The molecule has 1 aliphatic carbocycles. The van der Waals surface area contributed by atoms with Gasteiger partial charge in [0.1, 0.15) is 0 Å². The van der Waals surface area contributed by atoms with E-state index in [-0.39, 0.29) is 30.3 Å². The quantitative estimate of drug-likeness (QED) is 0.751. The van der Waals surface area contributed by atoms with Gasteiger partial charge in [0, 0.05) is 12.6 Å². The van der Waals surface area contributed by atoms with Crippen LogP contribution in [0.1, 0.15) is 50.8 Å². The van der Waals surface area contributed by atoms with Gasteiger partial charge in [0.15, 0.2) is 0 Å². The molecule has 1 aliphatic rings. The highest BCUT2D eigenvalue weighted by molar-refractivity contribution is 5.85. The normalized spacial score (nSPS) is 15.8. The zero-order chi connectivity index (χ0) is 15.5. The van der Waals surface area contributed by atoms with Crippen LogP contribution in [0.3, 0.4) is 0 Å². The van der Waals surface area contributed by atoms with Gasteiger partial charge >= 0.3 is 0 Å². The Balaban J connectivity index is 0.00000242. The third-order valence-electron chi connectivity index (χ3n) is 3.78. The van der Waals surface area contributed by atoms with Gasteiger partial charge in [-0.1, -0.05) is 45.0 Å². The second-order valence-electron chi connectivity index (χ2n) is 6.85. The number of aliphatic hydroxyl groups excluding tert-OH is 1. The van der Waals surface area contributed by atoms with Crippen molar-refractivity contribution in [2.24, 2.45) is 0 Å². The second kappa shape index (κ2) is 7.95. The van der Waals surface area contributed by atoms with Crippen LogP contribution in [0.4, 0.5) is 0 Å². The number of aliphatic hydroxyl groups is 1. The summed E-state index contributed by atoms with van der Waals surface area (Å²) < 4.78 is 0. The van der Waals surface area contributed by atoms with Crippen molar-refractivity contribution < 1.29 is 9.90 Å². The van der Waals surface area contributed by atoms with E-state index in [4.69, 9.17) is 0 Å². The van der Waals surface area contributed by atoms with Crippen molar-refractivity contribution in [3.05, 3.63) is 35.4 Å². The van der Waals surface area contributed by atoms with E-state index < -0.39 is 6.10 Å². The van der Waals surface area contributed by atoms with Gasteiger partial charge in [-0.3, -0.25) is 4.79 Å². The lowest BCUT2D eigenvalue weighted by molar-refractivity contribution is -0.120. The van der Waals surface area contributed by atoms with E-state index in [2.05, 4.69) is 31.4 Å². The summed E-state index contributed by atoms with van der Waals surface area (Å²) in [5.41, 5.74) is 2.17. The maximum Gasteiger partial charge on any atom is 0.234 e. The fourth-order valence-electron chi connectivity index (χ4n) is 2.12. The van der Waals surface area contributed by atoms with E-state index in [0.717, 1.165) is 18.4 Å². The molecule has 124 valence electrons. The Hall–Kier alpha value is -1.10. The predicted molar refractivity (Wildman–Crippen MR) is 91.4 cm³/mol. The molecule has 0 radical (unpaired) electrons. The predicted octanol–water partition coefficient (Wildman–Crippen LogP) is 2.31. The molecule has 5 heteroatoms. The average molecular weight is 327 g/mol. The summed E-state index contributed by atoms with van der Waals surface area (Å²) in [6.45, 7) is 7.06. The van der Waals surface area contributed by atoms with Crippen molar-refractivity contribution in [2.75, 3.05) is 13.1 Å². The van der Waals surface area contributed by atoms with Crippen LogP contribution in [-0.4, -0.2) is 30.1 Å². The van der Waals surface area contributed by atoms with E-state index in [1.54, 1.807) is 0 Å². The second-order valence-corrected chi connectivity index (χ2v) is 6.85. The molecule has 22 heavy (non-hydrogen) atoms. The summed E-state index contributed by atoms with van der Waals surface area (Å²) in [5.74, 6) is -0.0627. The highest BCUT2D eigenvalue weighted by Crippen LogP contribution is 2.23. The number of halogens is 1. The number of nitrogens with one attached hydrogen (secondary N) is 2. The first-order chi connectivity index (χ1) is 9.86. The van der Waals surface area contributed by atoms with Gasteiger partial charge in [-0.2, -0.15) is 0 Å². The van der Waals surface area contributed by atoms with Crippen molar-refractivity contribution >= 4 is 18.3 Å². The number of carbonyl (C=O) groups is 1. The van der Waals surface area contributed by atoms with Crippen LogP contribution in [0.2, 0.25) is 0 Å². The third-order valence-corrected chi connectivity index (χ3v) is 3.78. The van der Waals surface area contributed by atoms with Gasteiger partial charge in [-0.15, -0.1) is 12.4 Å². The summed E-state index contributed by atoms with van der Waals surface area (Å²) in [7, 11) is 0. The lowest BCUT2D eigenvalue weighted by Crippen LogP contribution is -2.36. The van der Waals surface area contributed by atoms with E-state index >= 15 is 0 Å². The van der Waals surface area contributed by atoms with Gasteiger partial charge in [-0.25, -0.2) is 0 Å². The standard InChI is InChI=1S/C17H26N2O2.ClH/c1-17(2,3)13-6-4-12(5-7-13)15(20)10-19-16(21)11-18-14-8-9-14;/h4-7,14-15,18,20H,8-11H2,1-3H3,(H,19,21);1H. The monoisotopic (exact) mass is 326 g/mol. The highest BCUT2D eigenvalue weighted by atomic mass is 35.5. The van der Waals surface area contributed by atoms with Gasteiger partial charge in [0.2, 0.25) is 5.91 Å². The topological polar surface area (TPSA) is 61.4 Å². The van der Waals surface area contributed by atoms with Crippen LogP contribution in [0.15, 0.2) is 24.3 Å². The molecule has 0 aromatic heterocycles. The lowest BCUT2D eigenvalue weighted by Gasteiger charge is -2.20. The van der Waals surface area contributed by atoms with E-state index in [1.807, 2.05) is 24.3 Å². The third kappa shape index (κ3) is 5.95. The number of hydrogen-bond donors (Lipinski definition) is 3. The fourth-order valence-corrected chi connectivity index (χ4v) is 2.12. The Morgan fingerprint density at radius 2 is 1.86 bits per heavy atom. The van der Waals surface area contributed by atoms with Gasteiger partial charge in [-0.05, 0) is 29.4 Å². The molecule has 4 nitrogen and oxygen atoms in total. The number of amides is 1. The number of hydrogen-bond acceptors (Lipinski definition) is 3. The Morgan fingerprint density at radius 1 is 1.27 bits per heavy atom. The first-order valence-corrected chi connectivity index (χ1v) is 7.65. The van der Waals surface area contributed by atoms with Crippen molar-refractivity contribution in [1.29, 1.82) is 0 Å². The minimum atomic E-state index is -0.663. The van der Waals surface area contributed by atoms with Gasteiger partial charge in [0.05, 0.1) is 12.6 Å². The molecule has 1 aromatic carbocycles. The SMILES string of the molecule is CC(C)(C)c1ccc(C(O)CNC(=O)CNC2CC2)cc1.Cl. The lowest BCUT2D eigenvalue weighted by atomic mass is 9.86. The summed E-state index contributed by atoms with van der Waals surface area (Å²) in [5, 5.41) is 16.0. The molecule has 1 aromatic rings. The van der Waals surface area contributed by atoms with E-state index in [0.29, 0.717) is 12.6 Å². The molecule has 3 N–H and O–H groups in total. The van der Waals surface area contributed by atoms with Crippen molar-refractivity contribution in [3.8, 4) is 0 Å². The Kier molecular flexibility index (Phi) is 6.85. The highest BCUT2D eigenvalue weighted by Gasteiger charge is 2.21. The minimum absolute atomic E-state index is 0. The Labute approximate surface area is 139 Å². The van der Waals surface area contributed by atoms with Crippen LogP contribution >= 0.6 is 12.4 Å². The summed E-state index contributed by atoms with van der Waals surface area (Å²) in [6.07, 6.45) is 1.66. The Morgan fingerprint density at radius 3 is 2.36 bits per heavy atom. The molecule has 2 rings (SSSR count). The maximum atomic E-state index is 11.6. The molecule has 0 saturated heterocycles. The molecule has 1 unspecified atom stereocenters. The molecule has 0 heterocycles. The van der Waals surface area contributed by atoms with E-state index in [1.165, 1.54) is 5.56 Å². The van der Waals surface area contributed by atoms with Gasteiger partial charge < -0.3 is 15.7 Å². The van der Waals surface area contributed by atoms with Crippen molar-refractivity contribution in [2.45, 2.75) is 51.2 Å². The molecular formula is C17H27ClN2O2. The first kappa shape index (κ1) is 18.9. The molecule has 0 aliphatic heterocycles. The summed E-state index contributed by atoms with van der Waals surface area (Å²) in [6, 6.07) is 8.45.